The van der Waals surface area contributed by atoms with E-state index in [1.54, 1.807) is 56.5 Å². The Morgan fingerprint density at radius 3 is 2.04 bits per heavy atom. The molecule has 19 heteroatoms. The summed E-state index contributed by atoms with van der Waals surface area (Å²) in [5.74, 6) is -2.20. The second-order valence-corrected chi connectivity index (χ2v) is 19.0. The number of esters is 1. The Kier molecular flexibility index (Phi) is 17.4. The first-order chi connectivity index (χ1) is 35.2. The molecule has 0 spiro atoms. The number of halogens is 5. The number of piperidine rings is 1. The molecule has 1 unspecified atom stereocenters. The van der Waals surface area contributed by atoms with Gasteiger partial charge in [0.25, 0.3) is 11.8 Å². The Balaban J connectivity index is 0.000000219. The fourth-order valence-electron chi connectivity index (χ4n) is 8.55. The average Bonchev–Trinajstić information content (AvgIpc) is 4.05. The van der Waals surface area contributed by atoms with Crippen LogP contribution in [0, 0.1) is 18.6 Å². The maximum absolute atomic E-state index is 14.3. The van der Waals surface area contributed by atoms with Gasteiger partial charge >= 0.3 is 18.1 Å². The number of rotatable bonds is 16. The second-order valence-electron chi connectivity index (χ2n) is 19.0. The predicted octanol–water partition coefficient (Wildman–Crippen LogP) is 12.0. The van der Waals surface area contributed by atoms with Crippen molar-refractivity contribution in [1.29, 1.82) is 0 Å². The first kappa shape index (κ1) is 54.4. The Bertz CT molecular complexity index is 3080. The molecule has 1 aliphatic rings. The van der Waals surface area contributed by atoms with Crippen molar-refractivity contribution in [3.8, 4) is 56.8 Å². The van der Waals surface area contributed by atoms with E-state index in [9.17, 15) is 31.5 Å². The lowest BCUT2D eigenvalue weighted by Crippen LogP contribution is -2.38. The molecular formula is C55H57F5N6O8. The molecule has 5 aromatic carbocycles. The monoisotopic (exact) mass is 1020 g/mol. The maximum atomic E-state index is 14.3. The summed E-state index contributed by atoms with van der Waals surface area (Å²) in [5, 5.41) is 16.8. The first-order valence-corrected chi connectivity index (χ1v) is 23.8. The summed E-state index contributed by atoms with van der Waals surface area (Å²) in [6.07, 6.45) is -1.81. The van der Waals surface area contributed by atoms with Gasteiger partial charge in [-0.1, -0.05) is 58.8 Å². The lowest BCUT2D eigenvalue weighted by molar-refractivity contribution is -0.156. The molecule has 390 valence electrons. The molecule has 1 fully saturated rings. The Labute approximate surface area is 425 Å². The Morgan fingerprint density at radius 1 is 0.797 bits per heavy atom. The molecule has 1 aliphatic heterocycles. The topological polar surface area (TPSA) is 166 Å². The zero-order valence-corrected chi connectivity index (χ0v) is 42.1. The SMILES string of the molecule is CC1CCCCN1c1ccc(-c2nc(-c3cccc(COCC(=O)O)c3)no2)cc1C(F)(F)F.COCc1cc(-c2nc(-c3cccc(CN(C)CC(=O)OC(C)(C)C)c3)no2)ccc1-c1ccc(F)c(F)c1C. The maximum Gasteiger partial charge on any atom is 0.418 e. The molecule has 14 nitrogen and oxygen atoms in total. The lowest BCUT2D eigenvalue weighted by Gasteiger charge is -2.37. The minimum Gasteiger partial charge on any atom is -0.480 e. The highest BCUT2D eigenvalue weighted by Crippen LogP contribution is 2.41. The van der Waals surface area contributed by atoms with Gasteiger partial charge in [0.1, 0.15) is 12.2 Å². The van der Waals surface area contributed by atoms with Crippen molar-refractivity contribution < 1.29 is 59.9 Å². The molecule has 0 bridgehead atoms. The average molecular weight is 1030 g/mol. The van der Waals surface area contributed by atoms with Gasteiger partial charge < -0.3 is 33.3 Å². The molecule has 0 saturated carbocycles. The Morgan fingerprint density at radius 2 is 1.42 bits per heavy atom. The van der Waals surface area contributed by atoms with Crippen molar-refractivity contribution in [3.63, 3.8) is 0 Å². The zero-order valence-electron chi connectivity index (χ0n) is 42.1. The minimum atomic E-state index is -4.53. The normalized spacial score (nSPS) is 14.0. The van der Waals surface area contributed by atoms with Crippen molar-refractivity contribution in [3.05, 3.63) is 137 Å². The number of nitrogens with zero attached hydrogens (tertiary/aromatic N) is 6. The van der Waals surface area contributed by atoms with Gasteiger partial charge in [0.15, 0.2) is 11.6 Å². The van der Waals surface area contributed by atoms with Gasteiger partial charge in [0.05, 0.1) is 25.3 Å². The van der Waals surface area contributed by atoms with Crippen LogP contribution in [0.25, 0.3) is 56.8 Å². The molecule has 74 heavy (non-hydrogen) atoms. The molecule has 2 aromatic heterocycles. The number of ether oxygens (including phenoxy) is 3. The minimum absolute atomic E-state index is 0.0220. The van der Waals surface area contributed by atoms with Crippen LogP contribution in [0.1, 0.15) is 74.8 Å². The highest BCUT2D eigenvalue weighted by molar-refractivity contribution is 5.75. The third kappa shape index (κ3) is 14.0. The van der Waals surface area contributed by atoms with E-state index >= 15 is 0 Å². The Hall–Kier alpha value is -7.35. The number of benzene rings is 5. The standard InChI is InChI=1S/C31H33F2N3O4.C24H24F3N3O4/c1-19-24(12-13-26(32)28(19)33)25-11-10-22(15-23(25)18-38-6)30-34-29(35-40-30)21-9-7-8-20(14-21)16-36(5)17-27(37)39-31(2,3)4;1-15-5-2-3-10-30(15)20-9-8-18(12-19(20)24(25,26)27)23-28-22(29-34-23)17-7-4-6-16(11-17)13-33-14-21(31)32/h7-15H,16-18H2,1-6H3;4,6-9,11-12,15H,2-3,5,10,13-14H2,1H3,(H,31,32). The number of likely N-dealkylation sites (N-methyl/N-ethyl adjacent to an activating group) is 1. The number of hydrogen-bond acceptors (Lipinski definition) is 13. The zero-order chi connectivity index (χ0) is 53.3. The van der Waals surface area contributed by atoms with Gasteiger partial charge in [-0.25, -0.2) is 13.6 Å². The van der Waals surface area contributed by atoms with Crippen LogP contribution in [-0.2, 0) is 49.7 Å². The number of aliphatic carboxylic acids is 1. The van der Waals surface area contributed by atoms with E-state index in [-0.39, 0.29) is 60.3 Å². The van der Waals surface area contributed by atoms with Crippen LogP contribution in [0.15, 0.2) is 106 Å². The highest BCUT2D eigenvalue weighted by Gasteiger charge is 2.37. The number of aromatic nitrogens is 4. The number of methoxy groups -OCH3 is 1. The van der Waals surface area contributed by atoms with Gasteiger partial charge in [0, 0.05) is 54.2 Å². The largest absolute Gasteiger partial charge is 0.480 e. The smallest absolute Gasteiger partial charge is 0.418 e. The van der Waals surface area contributed by atoms with E-state index in [0.29, 0.717) is 47.1 Å². The molecular weight excluding hydrogens is 968 g/mol. The fraction of sp³-hybridized carbons (Fsp3) is 0.345. The molecule has 7 aromatic rings. The van der Waals surface area contributed by atoms with Gasteiger partial charge in [-0.15, -0.1) is 0 Å². The van der Waals surface area contributed by atoms with Gasteiger partial charge in [-0.2, -0.15) is 23.1 Å². The highest BCUT2D eigenvalue weighted by atomic mass is 19.4. The summed E-state index contributed by atoms with van der Waals surface area (Å²) in [6.45, 7) is 10.2. The number of hydrogen-bond donors (Lipinski definition) is 1. The van der Waals surface area contributed by atoms with Crippen LogP contribution in [-0.4, -0.2) is 87.7 Å². The number of carbonyl (C=O) groups excluding carboxylic acids is 1. The van der Waals surface area contributed by atoms with E-state index in [1.165, 1.54) is 6.07 Å². The van der Waals surface area contributed by atoms with Crippen LogP contribution in [0.3, 0.4) is 0 Å². The van der Waals surface area contributed by atoms with Crippen LogP contribution in [0.5, 0.6) is 0 Å². The van der Waals surface area contributed by atoms with E-state index < -0.39 is 41.6 Å². The van der Waals surface area contributed by atoms with Crippen LogP contribution in [0.4, 0.5) is 27.6 Å². The van der Waals surface area contributed by atoms with Crippen molar-refractivity contribution in [2.75, 3.05) is 38.8 Å². The number of alkyl halides is 3. The molecule has 0 aliphatic carbocycles. The molecule has 1 saturated heterocycles. The third-order valence-corrected chi connectivity index (χ3v) is 11.9. The predicted molar refractivity (Wildman–Crippen MR) is 266 cm³/mol. The van der Waals surface area contributed by atoms with Crippen LogP contribution >= 0.6 is 0 Å². The molecule has 1 atom stereocenters. The van der Waals surface area contributed by atoms with Gasteiger partial charge in [-0.05, 0) is 143 Å². The molecule has 0 amide bonds. The van der Waals surface area contributed by atoms with Gasteiger partial charge in [-0.3, -0.25) is 9.69 Å². The number of anilines is 1. The summed E-state index contributed by atoms with van der Waals surface area (Å²) in [6, 6.07) is 26.9. The quantitative estimate of drug-likeness (QED) is 0.0717. The molecule has 1 N–H and O–H groups in total. The van der Waals surface area contributed by atoms with E-state index in [4.69, 9.17) is 28.4 Å². The fourth-order valence-corrected chi connectivity index (χ4v) is 8.55. The molecule has 8 rings (SSSR count). The number of carboxylic acids is 1. The van der Waals surface area contributed by atoms with Crippen LogP contribution < -0.4 is 4.90 Å². The van der Waals surface area contributed by atoms with E-state index in [0.717, 1.165) is 53.6 Å². The van der Waals surface area contributed by atoms with Crippen molar-refractivity contribution >= 4 is 17.6 Å². The molecule has 3 heterocycles. The lowest BCUT2D eigenvalue weighted by atomic mass is 9.94. The third-order valence-electron chi connectivity index (χ3n) is 11.9. The van der Waals surface area contributed by atoms with E-state index in [1.807, 2.05) is 80.9 Å². The van der Waals surface area contributed by atoms with Crippen molar-refractivity contribution in [2.45, 2.75) is 91.5 Å². The number of carboxylic acid groups (broad SMARTS) is 1. The van der Waals surface area contributed by atoms with Crippen molar-refractivity contribution in [1.82, 2.24) is 25.2 Å². The molecule has 0 radical (unpaired) electrons. The summed E-state index contributed by atoms with van der Waals surface area (Å²) in [5.41, 5.74) is 5.07. The van der Waals surface area contributed by atoms with Crippen LogP contribution in [0.2, 0.25) is 0 Å². The summed E-state index contributed by atoms with van der Waals surface area (Å²) < 4.78 is 96.5. The summed E-state index contributed by atoms with van der Waals surface area (Å²) >= 11 is 0. The van der Waals surface area contributed by atoms with E-state index in [2.05, 4.69) is 20.3 Å². The second kappa shape index (κ2) is 23.7. The van der Waals surface area contributed by atoms with Crippen molar-refractivity contribution in [2.24, 2.45) is 0 Å². The summed E-state index contributed by atoms with van der Waals surface area (Å²) in [4.78, 5) is 35.3. The summed E-state index contributed by atoms with van der Waals surface area (Å²) in [7, 11) is 3.42. The first-order valence-electron chi connectivity index (χ1n) is 23.8. The van der Waals surface area contributed by atoms with Gasteiger partial charge in [0.2, 0.25) is 11.6 Å². The number of carbonyl (C=O) groups is 2.